The molecule has 0 aromatic heterocycles. The van der Waals surface area contributed by atoms with Gasteiger partial charge >= 0.3 is 0 Å². The predicted octanol–water partition coefficient (Wildman–Crippen LogP) is 3.40. The summed E-state index contributed by atoms with van der Waals surface area (Å²) in [7, 11) is 0. The number of hydrogen-bond donors (Lipinski definition) is 2. The Morgan fingerprint density at radius 1 is 1.14 bits per heavy atom. The van der Waals surface area contributed by atoms with Crippen molar-refractivity contribution in [3.8, 4) is 5.75 Å². The molecular weight excluding hydrogens is 284 g/mol. The molecule has 0 aliphatic rings. The van der Waals surface area contributed by atoms with Crippen LogP contribution >= 0.6 is 11.8 Å². The minimum atomic E-state index is -0.581. The largest absolute Gasteiger partial charge is 0.481 e. The summed E-state index contributed by atoms with van der Waals surface area (Å²) in [4.78, 5) is 13.2. The fourth-order valence-corrected chi connectivity index (χ4v) is 2.13. The Bertz CT molecular complexity index is 597. The number of rotatable bonds is 5. The van der Waals surface area contributed by atoms with E-state index in [0.717, 1.165) is 4.90 Å². The number of carbonyl (C=O) groups is 1. The van der Waals surface area contributed by atoms with Crippen LogP contribution in [0.15, 0.2) is 53.4 Å². The van der Waals surface area contributed by atoms with Gasteiger partial charge in [0.15, 0.2) is 6.10 Å². The minimum absolute atomic E-state index is 0.200. The smallest absolute Gasteiger partial charge is 0.265 e. The number of nitrogen functional groups attached to an aromatic ring is 1. The summed E-state index contributed by atoms with van der Waals surface area (Å²) in [6, 6.07) is 14.6. The van der Waals surface area contributed by atoms with E-state index in [-0.39, 0.29) is 5.91 Å². The molecule has 0 radical (unpaired) electrons. The second kappa shape index (κ2) is 7.04. The second-order valence-corrected chi connectivity index (χ2v) is 5.43. The first-order chi connectivity index (χ1) is 10.1. The van der Waals surface area contributed by atoms with Gasteiger partial charge in [0.05, 0.1) is 0 Å². The normalized spacial score (nSPS) is 11.7. The van der Waals surface area contributed by atoms with Crippen molar-refractivity contribution in [1.82, 2.24) is 0 Å². The number of nitrogens with two attached hydrogens (primary N) is 1. The topological polar surface area (TPSA) is 64.3 Å². The number of thioether (sulfide) groups is 1. The number of anilines is 2. The van der Waals surface area contributed by atoms with Gasteiger partial charge in [-0.1, -0.05) is 0 Å². The standard InChI is InChI=1S/C16H18N2O2S/c1-11(20-14-7-9-15(21-2)10-8-14)16(19)18-13-5-3-12(17)4-6-13/h3-11H,17H2,1-2H3,(H,18,19). The third-order valence-corrected chi connectivity index (χ3v) is 3.66. The fourth-order valence-electron chi connectivity index (χ4n) is 1.72. The van der Waals surface area contributed by atoms with Crippen LogP contribution in [0, 0.1) is 0 Å². The minimum Gasteiger partial charge on any atom is -0.481 e. The molecule has 0 heterocycles. The van der Waals surface area contributed by atoms with E-state index in [0.29, 0.717) is 17.1 Å². The molecule has 0 fully saturated rings. The molecule has 0 aliphatic heterocycles. The molecule has 3 N–H and O–H groups in total. The highest BCUT2D eigenvalue weighted by Gasteiger charge is 2.14. The number of amides is 1. The van der Waals surface area contributed by atoms with Crippen LogP contribution in [-0.4, -0.2) is 18.3 Å². The molecule has 1 atom stereocenters. The van der Waals surface area contributed by atoms with Gasteiger partial charge in [0.1, 0.15) is 5.75 Å². The Labute approximate surface area is 128 Å². The fraction of sp³-hybridized carbons (Fsp3) is 0.188. The zero-order valence-corrected chi connectivity index (χ0v) is 12.8. The van der Waals surface area contributed by atoms with Crippen LogP contribution in [-0.2, 0) is 4.79 Å². The first-order valence-electron chi connectivity index (χ1n) is 6.55. The van der Waals surface area contributed by atoms with Crippen LogP contribution in [0.5, 0.6) is 5.75 Å². The zero-order valence-electron chi connectivity index (χ0n) is 12.0. The quantitative estimate of drug-likeness (QED) is 0.656. The van der Waals surface area contributed by atoms with Crippen LogP contribution in [0.4, 0.5) is 11.4 Å². The number of benzene rings is 2. The molecule has 0 saturated carbocycles. The van der Waals surface area contributed by atoms with E-state index in [1.54, 1.807) is 43.0 Å². The van der Waals surface area contributed by atoms with Crippen molar-refractivity contribution < 1.29 is 9.53 Å². The highest BCUT2D eigenvalue weighted by atomic mass is 32.2. The summed E-state index contributed by atoms with van der Waals surface area (Å²) in [5.41, 5.74) is 6.96. The number of hydrogen-bond acceptors (Lipinski definition) is 4. The summed E-state index contributed by atoms with van der Waals surface area (Å²) in [6.07, 6.45) is 1.43. The maximum atomic E-state index is 12.1. The first kappa shape index (κ1) is 15.3. The molecule has 2 aromatic rings. The van der Waals surface area contributed by atoms with Crippen LogP contribution in [0.1, 0.15) is 6.92 Å². The van der Waals surface area contributed by atoms with Gasteiger partial charge in [-0.2, -0.15) is 0 Å². The van der Waals surface area contributed by atoms with Gasteiger partial charge in [0.2, 0.25) is 0 Å². The average Bonchev–Trinajstić information content (AvgIpc) is 2.50. The lowest BCUT2D eigenvalue weighted by Gasteiger charge is -2.15. The molecule has 5 heteroatoms. The molecule has 21 heavy (non-hydrogen) atoms. The van der Waals surface area contributed by atoms with Gasteiger partial charge in [-0.3, -0.25) is 4.79 Å². The lowest BCUT2D eigenvalue weighted by molar-refractivity contribution is -0.122. The van der Waals surface area contributed by atoms with Crippen LogP contribution in [0.3, 0.4) is 0 Å². The van der Waals surface area contributed by atoms with E-state index in [2.05, 4.69) is 5.32 Å². The number of carbonyl (C=O) groups excluding carboxylic acids is 1. The Balaban J connectivity index is 1.93. The summed E-state index contributed by atoms with van der Waals surface area (Å²) >= 11 is 1.66. The van der Waals surface area contributed by atoms with Crippen LogP contribution in [0.2, 0.25) is 0 Å². The molecule has 0 aliphatic carbocycles. The van der Waals surface area contributed by atoms with Crippen molar-refractivity contribution in [2.45, 2.75) is 17.9 Å². The van der Waals surface area contributed by atoms with Crippen LogP contribution < -0.4 is 15.8 Å². The predicted molar refractivity (Wildman–Crippen MR) is 87.8 cm³/mol. The number of nitrogens with one attached hydrogen (secondary N) is 1. The molecule has 110 valence electrons. The molecule has 0 spiro atoms. The Kier molecular flexibility index (Phi) is 5.11. The first-order valence-corrected chi connectivity index (χ1v) is 7.78. The summed E-state index contributed by atoms with van der Waals surface area (Å²) < 4.78 is 5.63. The molecule has 4 nitrogen and oxygen atoms in total. The molecule has 2 rings (SSSR count). The van der Waals surface area contributed by atoms with E-state index in [1.807, 2.05) is 30.5 Å². The van der Waals surface area contributed by atoms with Crippen molar-refractivity contribution in [3.05, 3.63) is 48.5 Å². The molecular formula is C16H18N2O2S. The maximum absolute atomic E-state index is 12.1. The highest BCUT2D eigenvalue weighted by molar-refractivity contribution is 7.98. The van der Waals surface area contributed by atoms with E-state index >= 15 is 0 Å². The van der Waals surface area contributed by atoms with Crippen molar-refractivity contribution >= 4 is 29.0 Å². The van der Waals surface area contributed by atoms with Gasteiger partial charge in [-0.25, -0.2) is 0 Å². The Morgan fingerprint density at radius 2 is 1.76 bits per heavy atom. The highest BCUT2D eigenvalue weighted by Crippen LogP contribution is 2.20. The zero-order chi connectivity index (χ0) is 15.2. The van der Waals surface area contributed by atoms with E-state index in [4.69, 9.17) is 10.5 Å². The molecule has 0 saturated heterocycles. The maximum Gasteiger partial charge on any atom is 0.265 e. The summed E-state index contributed by atoms with van der Waals surface area (Å²) in [5.74, 6) is 0.474. The lowest BCUT2D eigenvalue weighted by atomic mass is 10.2. The molecule has 2 aromatic carbocycles. The molecule has 1 unspecified atom stereocenters. The van der Waals surface area contributed by atoms with E-state index in [1.165, 1.54) is 0 Å². The van der Waals surface area contributed by atoms with Gasteiger partial charge in [-0.15, -0.1) is 11.8 Å². The van der Waals surface area contributed by atoms with Gasteiger partial charge in [-0.05, 0) is 61.7 Å². The van der Waals surface area contributed by atoms with E-state index < -0.39 is 6.10 Å². The number of ether oxygens (including phenoxy) is 1. The third-order valence-electron chi connectivity index (χ3n) is 2.92. The van der Waals surface area contributed by atoms with Gasteiger partial charge in [0.25, 0.3) is 5.91 Å². The monoisotopic (exact) mass is 302 g/mol. The van der Waals surface area contributed by atoms with Gasteiger partial charge < -0.3 is 15.8 Å². The lowest BCUT2D eigenvalue weighted by Crippen LogP contribution is -2.30. The van der Waals surface area contributed by atoms with Crippen molar-refractivity contribution in [2.75, 3.05) is 17.3 Å². The Hall–Kier alpha value is -2.14. The summed E-state index contributed by atoms with van der Waals surface area (Å²) in [6.45, 7) is 1.72. The summed E-state index contributed by atoms with van der Waals surface area (Å²) in [5, 5.41) is 2.79. The molecule has 1 amide bonds. The van der Waals surface area contributed by atoms with Crippen molar-refractivity contribution in [3.63, 3.8) is 0 Å². The van der Waals surface area contributed by atoms with Crippen molar-refractivity contribution in [2.24, 2.45) is 0 Å². The Morgan fingerprint density at radius 3 is 2.33 bits per heavy atom. The third kappa shape index (κ3) is 4.43. The van der Waals surface area contributed by atoms with Gasteiger partial charge in [0, 0.05) is 16.3 Å². The van der Waals surface area contributed by atoms with Crippen molar-refractivity contribution in [1.29, 1.82) is 0 Å². The SMILES string of the molecule is CSc1ccc(OC(C)C(=O)Nc2ccc(N)cc2)cc1. The average molecular weight is 302 g/mol. The van der Waals surface area contributed by atoms with Crippen LogP contribution in [0.25, 0.3) is 0 Å². The molecule has 0 bridgehead atoms. The van der Waals surface area contributed by atoms with E-state index in [9.17, 15) is 4.79 Å². The second-order valence-electron chi connectivity index (χ2n) is 4.55.